The van der Waals surface area contributed by atoms with E-state index in [2.05, 4.69) is 64.4 Å². The van der Waals surface area contributed by atoms with Gasteiger partial charge in [-0.15, -0.1) is 24.0 Å². The van der Waals surface area contributed by atoms with Crippen molar-refractivity contribution in [3.63, 3.8) is 0 Å². The van der Waals surface area contributed by atoms with E-state index in [0.717, 1.165) is 57.7 Å². The Balaban J connectivity index is 0.00000364. The highest BCUT2D eigenvalue weighted by Crippen LogP contribution is 2.18. The lowest BCUT2D eigenvalue weighted by molar-refractivity contribution is 0.0625. The molecule has 0 saturated carbocycles. The normalized spacial score (nSPS) is 15.1. The topological polar surface area (TPSA) is 40.1 Å². The van der Waals surface area contributed by atoms with E-state index in [4.69, 9.17) is 4.74 Å². The molecule has 6 heteroatoms. The second-order valence-corrected chi connectivity index (χ2v) is 7.01. The molecule has 0 unspecified atom stereocenters. The predicted molar refractivity (Wildman–Crippen MR) is 127 cm³/mol. The van der Waals surface area contributed by atoms with Gasteiger partial charge in [0, 0.05) is 59.2 Å². The molecule has 0 amide bonds. The van der Waals surface area contributed by atoms with E-state index in [-0.39, 0.29) is 24.0 Å². The van der Waals surface area contributed by atoms with Gasteiger partial charge in [-0.1, -0.05) is 18.2 Å². The zero-order valence-corrected chi connectivity index (χ0v) is 19.5. The Bertz CT molecular complexity index is 520. The largest absolute Gasteiger partial charge is 0.381 e. The third kappa shape index (κ3) is 8.68. The lowest BCUT2D eigenvalue weighted by atomic mass is 9.96. The average molecular weight is 488 g/mol. The highest BCUT2D eigenvalue weighted by molar-refractivity contribution is 14.0. The second kappa shape index (κ2) is 14.0. The van der Waals surface area contributed by atoms with Gasteiger partial charge in [-0.05, 0) is 50.7 Å². The molecule has 154 valence electrons. The van der Waals surface area contributed by atoms with Crippen molar-refractivity contribution >= 4 is 35.6 Å². The molecule has 2 rings (SSSR count). The maximum Gasteiger partial charge on any atom is 0.193 e. The minimum absolute atomic E-state index is 0. The number of halogens is 1. The van der Waals surface area contributed by atoms with Crippen LogP contribution in [0.4, 0.5) is 5.69 Å². The van der Waals surface area contributed by atoms with Gasteiger partial charge in [-0.2, -0.15) is 0 Å². The summed E-state index contributed by atoms with van der Waals surface area (Å²) in [6.07, 6.45) is 4.71. The molecule has 5 nitrogen and oxygen atoms in total. The van der Waals surface area contributed by atoms with Gasteiger partial charge < -0.3 is 19.9 Å². The highest BCUT2D eigenvalue weighted by Gasteiger charge is 2.15. The lowest BCUT2D eigenvalue weighted by Gasteiger charge is -2.27. The summed E-state index contributed by atoms with van der Waals surface area (Å²) in [6, 6.07) is 10.6. The number of aliphatic imine (C=N–C) groups is 1. The van der Waals surface area contributed by atoms with E-state index in [0.29, 0.717) is 0 Å². The van der Waals surface area contributed by atoms with Gasteiger partial charge in [-0.25, -0.2) is 0 Å². The van der Waals surface area contributed by atoms with Crippen LogP contribution in [0.3, 0.4) is 0 Å². The monoisotopic (exact) mass is 488 g/mol. The van der Waals surface area contributed by atoms with Gasteiger partial charge in [-0.3, -0.25) is 4.99 Å². The van der Waals surface area contributed by atoms with Crippen molar-refractivity contribution in [2.24, 2.45) is 10.9 Å². The third-order valence-electron chi connectivity index (χ3n) is 5.18. The van der Waals surface area contributed by atoms with Crippen LogP contribution in [0.15, 0.2) is 35.3 Å². The molecule has 0 atom stereocenters. The molecular formula is C21H37IN4O. The first-order valence-electron chi connectivity index (χ1n) is 10.0. The van der Waals surface area contributed by atoms with E-state index in [9.17, 15) is 0 Å². The molecule has 1 fully saturated rings. The van der Waals surface area contributed by atoms with Crippen molar-refractivity contribution in [1.82, 2.24) is 10.2 Å². The Hall–Kier alpha value is -1.02. The zero-order valence-electron chi connectivity index (χ0n) is 17.2. The summed E-state index contributed by atoms with van der Waals surface area (Å²) in [4.78, 5) is 9.11. The minimum Gasteiger partial charge on any atom is -0.381 e. The number of ether oxygens (including phenoxy) is 1. The third-order valence-corrected chi connectivity index (χ3v) is 5.18. The van der Waals surface area contributed by atoms with Crippen LogP contribution in [0.25, 0.3) is 0 Å². The Morgan fingerprint density at radius 2 is 1.89 bits per heavy atom. The Morgan fingerprint density at radius 3 is 2.52 bits per heavy atom. The maximum absolute atomic E-state index is 5.45. The van der Waals surface area contributed by atoms with Crippen molar-refractivity contribution in [2.45, 2.75) is 32.6 Å². The molecule has 0 radical (unpaired) electrons. The standard InChI is InChI=1S/C21H36N4O.HI/c1-4-25(20-9-6-5-7-10-20)15-8-14-23-21(22-2)24(3)16-11-19-12-17-26-18-13-19;/h5-7,9-10,19H,4,8,11-18H2,1-3H3,(H,22,23);1H. The van der Waals surface area contributed by atoms with E-state index in [1.54, 1.807) is 0 Å². The minimum atomic E-state index is 0. The van der Waals surface area contributed by atoms with Gasteiger partial charge >= 0.3 is 0 Å². The molecule has 1 N–H and O–H groups in total. The Morgan fingerprint density at radius 1 is 1.19 bits per heavy atom. The number of nitrogens with zero attached hydrogens (tertiary/aromatic N) is 3. The van der Waals surface area contributed by atoms with Crippen LogP contribution < -0.4 is 10.2 Å². The SMILES string of the molecule is CCN(CCCNC(=NC)N(C)CCC1CCOCC1)c1ccccc1.I. The summed E-state index contributed by atoms with van der Waals surface area (Å²) in [6.45, 7) is 8.14. The van der Waals surface area contributed by atoms with Crippen LogP contribution >= 0.6 is 24.0 Å². The summed E-state index contributed by atoms with van der Waals surface area (Å²) in [7, 11) is 4.01. The smallest absolute Gasteiger partial charge is 0.193 e. The summed E-state index contributed by atoms with van der Waals surface area (Å²) in [5.41, 5.74) is 1.30. The number of hydrogen-bond acceptors (Lipinski definition) is 3. The van der Waals surface area contributed by atoms with Crippen LogP contribution in [0.5, 0.6) is 0 Å². The second-order valence-electron chi connectivity index (χ2n) is 7.01. The molecule has 1 aliphatic rings. The van der Waals surface area contributed by atoms with Crippen LogP contribution in [0, 0.1) is 5.92 Å². The molecule has 27 heavy (non-hydrogen) atoms. The first-order valence-corrected chi connectivity index (χ1v) is 10.0. The number of benzene rings is 1. The molecular weight excluding hydrogens is 451 g/mol. The first kappa shape index (κ1) is 24.0. The molecule has 1 saturated heterocycles. The quantitative estimate of drug-likeness (QED) is 0.248. The first-order chi connectivity index (χ1) is 12.7. The Kier molecular flexibility index (Phi) is 12.5. The number of rotatable bonds is 9. The fourth-order valence-electron chi connectivity index (χ4n) is 3.48. The number of nitrogens with one attached hydrogen (secondary N) is 1. The summed E-state index contributed by atoms with van der Waals surface area (Å²) < 4.78 is 5.45. The predicted octanol–water partition coefficient (Wildman–Crippen LogP) is 3.84. The van der Waals surface area contributed by atoms with Gasteiger partial charge in [0.2, 0.25) is 0 Å². The van der Waals surface area contributed by atoms with E-state index in [1.807, 2.05) is 7.05 Å². The fraction of sp³-hybridized carbons (Fsp3) is 0.667. The van der Waals surface area contributed by atoms with Gasteiger partial charge in [0.15, 0.2) is 5.96 Å². The van der Waals surface area contributed by atoms with Crippen molar-refractivity contribution in [3.05, 3.63) is 30.3 Å². The van der Waals surface area contributed by atoms with E-state index in [1.165, 1.54) is 24.9 Å². The van der Waals surface area contributed by atoms with Crippen molar-refractivity contribution in [3.8, 4) is 0 Å². The van der Waals surface area contributed by atoms with Crippen LogP contribution in [0.1, 0.15) is 32.6 Å². The number of anilines is 1. The van der Waals surface area contributed by atoms with Crippen molar-refractivity contribution in [2.75, 3.05) is 58.4 Å². The molecule has 0 aromatic heterocycles. The van der Waals surface area contributed by atoms with Crippen molar-refractivity contribution in [1.29, 1.82) is 0 Å². The molecule has 1 aromatic rings. The number of para-hydroxylation sites is 1. The molecule has 0 aliphatic carbocycles. The van der Waals surface area contributed by atoms with Crippen LogP contribution in [-0.2, 0) is 4.74 Å². The summed E-state index contributed by atoms with van der Waals surface area (Å²) >= 11 is 0. The number of guanidine groups is 1. The summed E-state index contributed by atoms with van der Waals surface area (Å²) in [5.74, 6) is 1.80. The molecule has 1 aliphatic heterocycles. The van der Waals surface area contributed by atoms with Crippen LogP contribution in [0.2, 0.25) is 0 Å². The number of hydrogen-bond donors (Lipinski definition) is 1. The molecule has 0 spiro atoms. The van der Waals surface area contributed by atoms with Crippen LogP contribution in [-0.4, -0.2) is 64.3 Å². The Labute approximate surface area is 182 Å². The van der Waals surface area contributed by atoms with Gasteiger partial charge in [0.1, 0.15) is 0 Å². The van der Waals surface area contributed by atoms with E-state index < -0.39 is 0 Å². The molecule has 1 aromatic carbocycles. The summed E-state index contributed by atoms with van der Waals surface area (Å²) in [5, 5.41) is 3.51. The highest BCUT2D eigenvalue weighted by atomic mass is 127. The fourth-order valence-corrected chi connectivity index (χ4v) is 3.48. The maximum atomic E-state index is 5.45. The molecule has 1 heterocycles. The van der Waals surface area contributed by atoms with Gasteiger partial charge in [0.25, 0.3) is 0 Å². The average Bonchev–Trinajstić information content (AvgIpc) is 2.70. The van der Waals surface area contributed by atoms with E-state index >= 15 is 0 Å². The lowest BCUT2D eigenvalue weighted by Crippen LogP contribution is -2.41. The molecule has 0 bridgehead atoms. The zero-order chi connectivity index (χ0) is 18.6. The van der Waals surface area contributed by atoms with Gasteiger partial charge in [0.05, 0.1) is 0 Å². The van der Waals surface area contributed by atoms with Crippen molar-refractivity contribution < 1.29 is 4.74 Å².